The SMILES string of the molecule is CONC(C)[C@]1(O)CC[C@H]2[C@@H]3CC=C4C[C@@H](O)CC[C@]4(C)[C@H]3CC[C@@]21C. The minimum atomic E-state index is -0.702. The van der Waals surface area contributed by atoms with Gasteiger partial charge in [-0.25, -0.2) is 0 Å². The summed E-state index contributed by atoms with van der Waals surface area (Å²) in [6.07, 6.45) is 10.7. The van der Waals surface area contributed by atoms with Crippen molar-refractivity contribution in [3.05, 3.63) is 11.6 Å². The van der Waals surface area contributed by atoms with Crippen LogP contribution in [0.1, 0.15) is 72.1 Å². The molecule has 0 bridgehead atoms. The molecule has 0 heterocycles. The number of aliphatic hydroxyl groups excluding tert-OH is 1. The van der Waals surface area contributed by atoms with E-state index in [0.29, 0.717) is 17.8 Å². The van der Waals surface area contributed by atoms with Crippen LogP contribution in [0.15, 0.2) is 11.6 Å². The summed E-state index contributed by atoms with van der Waals surface area (Å²) in [4.78, 5) is 5.17. The number of hydrogen-bond donors (Lipinski definition) is 3. The summed E-state index contributed by atoms with van der Waals surface area (Å²) in [6.45, 7) is 6.85. The number of nitrogens with one attached hydrogen (secondary N) is 1. The number of hydroxylamine groups is 1. The third-order valence-electron chi connectivity index (χ3n) is 9.30. The fourth-order valence-electron chi connectivity index (χ4n) is 7.68. The van der Waals surface area contributed by atoms with Gasteiger partial charge < -0.3 is 15.1 Å². The van der Waals surface area contributed by atoms with Crippen LogP contribution in [0.5, 0.6) is 0 Å². The molecule has 0 saturated heterocycles. The summed E-state index contributed by atoms with van der Waals surface area (Å²) in [5.74, 6) is 1.96. The second kappa shape index (κ2) is 6.30. The van der Waals surface area contributed by atoms with E-state index in [2.05, 4.69) is 32.3 Å². The maximum Gasteiger partial charge on any atom is 0.0876 e. The lowest BCUT2D eigenvalue weighted by Gasteiger charge is -2.59. The molecule has 3 N–H and O–H groups in total. The first-order valence-electron chi connectivity index (χ1n) is 10.6. The van der Waals surface area contributed by atoms with Crippen LogP contribution in [-0.2, 0) is 4.84 Å². The van der Waals surface area contributed by atoms with E-state index in [1.807, 2.05) is 0 Å². The van der Waals surface area contributed by atoms with Gasteiger partial charge in [-0.1, -0.05) is 25.5 Å². The van der Waals surface area contributed by atoms with Gasteiger partial charge in [-0.3, -0.25) is 0 Å². The predicted octanol–water partition coefficient (Wildman–Crippen LogP) is 3.58. The smallest absolute Gasteiger partial charge is 0.0876 e. The fraction of sp³-hybridized carbons (Fsp3) is 0.909. The molecule has 4 aliphatic carbocycles. The highest BCUT2D eigenvalue weighted by Crippen LogP contribution is 2.67. The molecule has 1 unspecified atom stereocenters. The molecule has 8 atom stereocenters. The number of hydrogen-bond acceptors (Lipinski definition) is 4. The van der Waals surface area contributed by atoms with E-state index in [1.165, 1.54) is 12.0 Å². The van der Waals surface area contributed by atoms with Crippen molar-refractivity contribution < 1.29 is 15.1 Å². The van der Waals surface area contributed by atoms with E-state index < -0.39 is 5.60 Å². The molecule has 4 aliphatic rings. The fourth-order valence-corrected chi connectivity index (χ4v) is 7.68. The highest BCUT2D eigenvalue weighted by molar-refractivity contribution is 5.26. The van der Waals surface area contributed by atoms with Crippen LogP contribution in [0.3, 0.4) is 0 Å². The molecule has 3 saturated carbocycles. The lowest BCUT2D eigenvalue weighted by molar-refractivity contribution is -0.155. The van der Waals surface area contributed by atoms with Crippen molar-refractivity contribution in [2.75, 3.05) is 7.11 Å². The van der Waals surface area contributed by atoms with Crippen molar-refractivity contribution in [3.63, 3.8) is 0 Å². The first kappa shape index (κ1) is 18.9. The van der Waals surface area contributed by atoms with E-state index in [1.54, 1.807) is 7.11 Å². The van der Waals surface area contributed by atoms with Gasteiger partial charge in [0.1, 0.15) is 0 Å². The van der Waals surface area contributed by atoms with Crippen molar-refractivity contribution in [1.82, 2.24) is 5.48 Å². The normalized spacial score (nSPS) is 51.8. The summed E-state index contributed by atoms with van der Waals surface area (Å²) in [5, 5.41) is 21.8. The maximum absolute atomic E-state index is 11.7. The Hall–Kier alpha value is -0.420. The van der Waals surface area contributed by atoms with Crippen molar-refractivity contribution in [2.45, 2.75) is 89.9 Å². The van der Waals surface area contributed by atoms with Gasteiger partial charge in [0.25, 0.3) is 0 Å². The third-order valence-corrected chi connectivity index (χ3v) is 9.30. The number of rotatable bonds is 3. The number of allylic oxidation sites excluding steroid dienone is 1. The van der Waals surface area contributed by atoms with Crippen molar-refractivity contribution in [2.24, 2.45) is 28.6 Å². The van der Waals surface area contributed by atoms with Crippen LogP contribution in [0.25, 0.3) is 0 Å². The zero-order chi connectivity index (χ0) is 18.7. The van der Waals surface area contributed by atoms with Crippen LogP contribution >= 0.6 is 0 Å². The summed E-state index contributed by atoms with van der Waals surface area (Å²) in [6, 6.07) is -0.0610. The van der Waals surface area contributed by atoms with Crippen LogP contribution < -0.4 is 5.48 Å². The molecular weight excluding hydrogens is 326 g/mol. The Morgan fingerprint density at radius 3 is 2.62 bits per heavy atom. The van der Waals surface area contributed by atoms with Crippen molar-refractivity contribution >= 4 is 0 Å². The highest BCUT2D eigenvalue weighted by Gasteiger charge is 2.65. The Labute approximate surface area is 158 Å². The summed E-state index contributed by atoms with van der Waals surface area (Å²) in [7, 11) is 1.64. The first-order valence-corrected chi connectivity index (χ1v) is 10.6. The second-order valence-corrected chi connectivity index (χ2v) is 10.1. The van der Waals surface area contributed by atoms with Crippen LogP contribution in [0, 0.1) is 28.6 Å². The second-order valence-electron chi connectivity index (χ2n) is 10.1. The average Bonchev–Trinajstić information content (AvgIpc) is 2.88. The largest absolute Gasteiger partial charge is 0.393 e. The maximum atomic E-state index is 11.7. The topological polar surface area (TPSA) is 61.7 Å². The minimum absolute atomic E-state index is 0.0466. The molecule has 4 nitrogen and oxygen atoms in total. The molecule has 0 spiro atoms. The van der Waals surface area contributed by atoms with Crippen molar-refractivity contribution in [3.8, 4) is 0 Å². The quantitative estimate of drug-likeness (QED) is 0.530. The molecule has 0 aromatic heterocycles. The van der Waals surface area contributed by atoms with Gasteiger partial charge in [-0.15, -0.1) is 0 Å². The summed E-state index contributed by atoms with van der Waals surface area (Å²) >= 11 is 0. The van der Waals surface area contributed by atoms with Gasteiger partial charge in [0, 0.05) is 5.41 Å². The Morgan fingerprint density at radius 2 is 1.88 bits per heavy atom. The van der Waals surface area contributed by atoms with Crippen LogP contribution in [0.2, 0.25) is 0 Å². The zero-order valence-corrected chi connectivity index (χ0v) is 16.9. The molecular formula is C22H37NO3. The van der Waals surface area contributed by atoms with Gasteiger partial charge in [0.05, 0.1) is 24.9 Å². The lowest BCUT2D eigenvalue weighted by atomic mass is 9.46. The molecule has 0 radical (unpaired) electrons. The lowest BCUT2D eigenvalue weighted by Crippen LogP contribution is -2.60. The minimum Gasteiger partial charge on any atom is -0.393 e. The molecule has 4 rings (SSSR count). The van der Waals surface area contributed by atoms with Gasteiger partial charge in [-0.2, -0.15) is 5.48 Å². The monoisotopic (exact) mass is 363 g/mol. The molecule has 0 aromatic carbocycles. The standard InChI is InChI=1S/C22H37NO3/c1-14(23-26-4)22(25)12-9-19-17-6-5-15-13-16(24)7-10-20(15,2)18(17)8-11-21(19,22)3/h5,14,16-19,23-25H,6-13H2,1-4H3/t14?,16-,17+,18-,19-,20-,21-,22+/m0/s1. The Balaban J connectivity index is 1.64. The zero-order valence-electron chi connectivity index (χ0n) is 16.9. The van der Waals surface area contributed by atoms with E-state index in [4.69, 9.17) is 4.84 Å². The van der Waals surface area contributed by atoms with Gasteiger partial charge >= 0.3 is 0 Å². The van der Waals surface area contributed by atoms with Crippen LogP contribution in [-0.4, -0.2) is 35.1 Å². The van der Waals surface area contributed by atoms with E-state index in [-0.39, 0.29) is 23.0 Å². The van der Waals surface area contributed by atoms with Crippen LogP contribution in [0.4, 0.5) is 0 Å². The van der Waals surface area contributed by atoms with Gasteiger partial charge in [0.15, 0.2) is 0 Å². The first-order chi connectivity index (χ1) is 12.3. The summed E-state index contributed by atoms with van der Waals surface area (Å²) in [5.41, 5.74) is 4.06. The molecule has 0 amide bonds. The molecule has 148 valence electrons. The van der Waals surface area contributed by atoms with E-state index in [9.17, 15) is 10.2 Å². The molecule has 0 aromatic rings. The average molecular weight is 364 g/mol. The highest BCUT2D eigenvalue weighted by atomic mass is 16.6. The summed E-state index contributed by atoms with van der Waals surface area (Å²) < 4.78 is 0. The van der Waals surface area contributed by atoms with Crippen molar-refractivity contribution in [1.29, 1.82) is 0 Å². The van der Waals surface area contributed by atoms with Gasteiger partial charge in [0.2, 0.25) is 0 Å². The predicted molar refractivity (Wildman–Crippen MR) is 102 cm³/mol. The number of aliphatic hydroxyl groups is 2. The molecule has 3 fully saturated rings. The Kier molecular flexibility index (Phi) is 4.58. The molecule has 26 heavy (non-hydrogen) atoms. The third kappa shape index (κ3) is 2.41. The Morgan fingerprint density at radius 1 is 1.15 bits per heavy atom. The molecule has 0 aliphatic heterocycles. The van der Waals surface area contributed by atoms with E-state index in [0.717, 1.165) is 44.9 Å². The Bertz CT molecular complexity index is 592. The van der Waals surface area contributed by atoms with Gasteiger partial charge in [-0.05, 0) is 81.5 Å². The molecule has 4 heteroatoms. The number of fused-ring (bicyclic) bond motifs is 5. The van der Waals surface area contributed by atoms with E-state index >= 15 is 0 Å².